The largest absolute Gasteiger partial charge is 0.481 e. The molecule has 179 valence electrons. The molecule has 0 atom stereocenters. The maximum atomic E-state index is 10.3. The van der Waals surface area contributed by atoms with Crippen LogP contribution in [-0.2, 0) is 4.79 Å². The van der Waals surface area contributed by atoms with Crippen molar-refractivity contribution in [2.24, 2.45) is 0 Å². The number of hydrogen-bond acceptors (Lipinski definition) is 2. The molecule has 31 heavy (non-hydrogen) atoms. The topological polar surface area (TPSA) is 106 Å². The molecule has 0 fully saturated rings. The molecule has 1 rings (SSSR count). The molecule has 0 unspecified atom stereocenters. The van der Waals surface area contributed by atoms with Crippen molar-refractivity contribution in [1.82, 2.24) is 0 Å². The van der Waals surface area contributed by atoms with Crippen molar-refractivity contribution in [3.8, 4) is 0 Å². The van der Waals surface area contributed by atoms with Crippen molar-refractivity contribution in [1.29, 1.82) is 0 Å². The molecule has 0 heterocycles. The first kappa shape index (κ1) is 34.3. The average Bonchev–Trinajstić information content (AvgIpc) is 2.72. The van der Waals surface area contributed by atoms with Gasteiger partial charge >= 0.3 is 11.9 Å². The number of unbranched alkanes of at least 4 members (excludes halogenated alkanes) is 14. The quantitative estimate of drug-likeness (QED) is 0.224. The van der Waals surface area contributed by atoms with Crippen molar-refractivity contribution < 1.29 is 25.3 Å². The van der Waals surface area contributed by atoms with Gasteiger partial charge in [-0.3, -0.25) is 4.79 Å². The third-order valence-electron chi connectivity index (χ3n) is 5.01. The summed E-state index contributed by atoms with van der Waals surface area (Å²) in [4.78, 5) is 20.5. The summed E-state index contributed by atoms with van der Waals surface area (Å²) >= 11 is 0. The second-order valence-corrected chi connectivity index (χ2v) is 7.76. The van der Waals surface area contributed by atoms with Gasteiger partial charge in [0.05, 0.1) is 5.56 Å². The number of carboxylic acids is 2. The summed E-state index contributed by atoms with van der Waals surface area (Å²) in [6, 6.07) is 8.30. The molecule has 0 aliphatic carbocycles. The molecule has 0 aliphatic rings. The zero-order valence-electron chi connectivity index (χ0n) is 19.9. The van der Waals surface area contributed by atoms with E-state index in [9.17, 15) is 9.59 Å². The second kappa shape index (κ2) is 26.7. The monoisotopic (exact) mass is 453 g/mol. The lowest BCUT2D eigenvalue weighted by molar-refractivity contribution is -0.137. The summed E-state index contributed by atoms with van der Waals surface area (Å²) < 4.78 is 0. The third-order valence-corrected chi connectivity index (χ3v) is 5.01. The van der Waals surface area contributed by atoms with Gasteiger partial charge in [0, 0.05) is 6.42 Å². The third kappa shape index (κ3) is 26.6. The summed E-state index contributed by atoms with van der Waals surface area (Å²) in [7, 11) is 0. The molecule has 6 heteroatoms. The molecule has 5 nitrogen and oxygen atoms in total. The maximum Gasteiger partial charge on any atom is 0.335 e. The van der Waals surface area contributed by atoms with Crippen LogP contribution in [0.3, 0.4) is 0 Å². The molecule has 0 aliphatic heterocycles. The van der Waals surface area contributed by atoms with Crippen LogP contribution in [0.1, 0.15) is 120 Å². The van der Waals surface area contributed by atoms with Gasteiger partial charge < -0.3 is 15.7 Å². The van der Waals surface area contributed by atoms with E-state index in [1.54, 1.807) is 30.3 Å². The van der Waals surface area contributed by atoms with Crippen LogP contribution in [0.25, 0.3) is 0 Å². The Hall–Kier alpha value is -1.35. The predicted octanol–water partition coefficient (Wildman–Crippen LogP) is 5.98. The Morgan fingerprint density at radius 2 is 1.00 bits per heavy atom. The Kier molecular flexibility index (Phi) is 29.5. The van der Waals surface area contributed by atoms with Gasteiger partial charge in [-0.05, 0) is 18.6 Å². The fraction of sp³-hybridized carbons (Fsp3) is 0.680. The smallest absolute Gasteiger partial charge is 0.335 e. The zero-order chi connectivity index (χ0) is 21.6. The normalized spacial score (nSPS) is 9.58. The Balaban J connectivity index is -0.000000598. The van der Waals surface area contributed by atoms with Gasteiger partial charge in [0.2, 0.25) is 0 Å². The van der Waals surface area contributed by atoms with Crippen molar-refractivity contribution >= 4 is 29.3 Å². The average molecular weight is 454 g/mol. The van der Waals surface area contributed by atoms with Crippen LogP contribution < -0.4 is 0 Å². The van der Waals surface area contributed by atoms with Crippen molar-refractivity contribution in [3.05, 3.63) is 35.9 Å². The molecule has 1 aromatic carbocycles. The first-order valence-corrected chi connectivity index (χ1v) is 11.6. The summed E-state index contributed by atoms with van der Waals surface area (Å²) in [6.45, 7) is 2.27. The Bertz CT molecular complexity index is 508. The van der Waals surface area contributed by atoms with Crippen molar-refractivity contribution in [2.75, 3.05) is 0 Å². The summed E-state index contributed by atoms with van der Waals surface area (Å²) in [5.41, 5.74) is 0.331. The molecular weight excluding hydrogens is 407 g/mol. The number of benzene rings is 1. The van der Waals surface area contributed by atoms with E-state index < -0.39 is 11.9 Å². The molecule has 0 saturated carbocycles. The fourth-order valence-corrected chi connectivity index (χ4v) is 3.23. The van der Waals surface area contributed by atoms with Crippen LogP contribution in [0.2, 0.25) is 0 Å². The van der Waals surface area contributed by atoms with E-state index in [0.717, 1.165) is 12.8 Å². The second-order valence-electron chi connectivity index (χ2n) is 7.76. The van der Waals surface area contributed by atoms with E-state index in [1.165, 1.54) is 83.5 Å². The highest BCUT2D eigenvalue weighted by molar-refractivity contribution is 5.87. The van der Waals surface area contributed by atoms with Gasteiger partial charge in [0.15, 0.2) is 0 Å². The van der Waals surface area contributed by atoms with E-state index in [2.05, 4.69) is 6.92 Å². The van der Waals surface area contributed by atoms with Crippen LogP contribution in [-0.4, -0.2) is 45.0 Å². The van der Waals surface area contributed by atoms with Gasteiger partial charge in [-0.1, -0.05) is 115 Å². The minimum absolute atomic E-state index is 0. The Morgan fingerprint density at radius 3 is 1.29 bits per heavy atom. The highest BCUT2D eigenvalue weighted by Gasteiger charge is 1.97. The lowest BCUT2D eigenvalue weighted by Gasteiger charge is -2.03. The fourth-order valence-electron chi connectivity index (χ4n) is 3.23. The predicted molar refractivity (Wildman–Crippen MR) is 133 cm³/mol. The van der Waals surface area contributed by atoms with E-state index in [4.69, 9.17) is 10.2 Å². The van der Waals surface area contributed by atoms with Crippen molar-refractivity contribution in [2.45, 2.75) is 110 Å². The van der Waals surface area contributed by atoms with Crippen molar-refractivity contribution in [3.63, 3.8) is 0 Å². The SMILES string of the molecule is CCCCCCCCCCCCCCCCCC(=O)O.O.O=C(O)c1ccccc1.[AlH2]. The first-order chi connectivity index (χ1) is 14.1. The summed E-state index contributed by atoms with van der Waals surface area (Å²) in [5.74, 6) is -1.53. The van der Waals surface area contributed by atoms with E-state index in [0.29, 0.717) is 12.0 Å². The maximum absolute atomic E-state index is 10.3. The molecule has 0 bridgehead atoms. The zero-order valence-corrected chi connectivity index (χ0v) is 21.9. The minimum atomic E-state index is -0.879. The summed E-state index contributed by atoms with van der Waals surface area (Å²) in [5, 5.41) is 16.9. The molecule has 4 N–H and O–H groups in total. The Labute approximate surface area is 200 Å². The van der Waals surface area contributed by atoms with Gasteiger partial charge in [-0.15, -0.1) is 0 Å². The number of hydrogen-bond donors (Lipinski definition) is 2. The van der Waals surface area contributed by atoms with Gasteiger partial charge in [-0.25, -0.2) is 4.79 Å². The van der Waals surface area contributed by atoms with E-state index in [-0.39, 0.29) is 22.8 Å². The number of rotatable bonds is 17. The van der Waals surface area contributed by atoms with Gasteiger partial charge in [-0.2, -0.15) is 0 Å². The summed E-state index contributed by atoms with van der Waals surface area (Å²) in [6.07, 6.45) is 20.2. The molecule has 0 aromatic heterocycles. The number of aliphatic carboxylic acids is 1. The van der Waals surface area contributed by atoms with Crippen LogP contribution in [0.15, 0.2) is 30.3 Å². The lowest BCUT2D eigenvalue weighted by atomic mass is 10.0. The molecule has 1 radical (unpaired) electrons. The van der Waals surface area contributed by atoms with E-state index >= 15 is 0 Å². The number of carbonyl (C=O) groups is 2. The number of carboxylic acid groups (broad SMARTS) is 2. The Morgan fingerprint density at radius 1 is 0.645 bits per heavy atom. The minimum Gasteiger partial charge on any atom is -0.481 e. The standard InChI is InChI=1S/C18H36O2.C7H6O2.Al.H2O.2H/c1-2-3-4-5-6-7-8-9-10-11-12-13-14-15-16-17-18(19)20;8-7(9)6-4-2-1-3-5-6;;;;/h2-17H2,1H3,(H,19,20);1-5H,(H,8,9);;1H2;;. The molecule has 0 spiro atoms. The lowest BCUT2D eigenvalue weighted by Crippen LogP contribution is -1.93. The van der Waals surface area contributed by atoms with Crippen LogP contribution in [0.5, 0.6) is 0 Å². The molecular formula is C25H46AlO5. The van der Waals surface area contributed by atoms with Crippen LogP contribution in [0, 0.1) is 0 Å². The van der Waals surface area contributed by atoms with E-state index in [1.807, 2.05) is 0 Å². The number of aromatic carboxylic acids is 1. The molecule has 1 aromatic rings. The first-order valence-electron chi connectivity index (χ1n) is 11.6. The molecule has 0 amide bonds. The molecule has 0 saturated heterocycles. The van der Waals surface area contributed by atoms with Gasteiger partial charge in [0.25, 0.3) is 0 Å². The van der Waals surface area contributed by atoms with Crippen LogP contribution >= 0.6 is 0 Å². The highest BCUT2D eigenvalue weighted by atomic mass is 27.0. The van der Waals surface area contributed by atoms with Crippen LogP contribution in [0.4, 0.5) is 0 Å². The highest BCUT2D eigenvalue weighted by Crippen LogP contribution is 2.13. The van der Waals surface area contributed by atoms with Gasteiger partial charge in [0.1, 0.15) is 17.4 Å².